The lowest BCUT2D eigenvalue weighted by atomic mass is 10.2. The second kappa shape index (κ2) is 6.86. The normalized spacial score (nSPS) is 16.5. The van der Waals surface area contributed by atoms with Crippen LogP contribution in [0.5, 0.6) is 11.5 Å². The van der Waals surface area contributed by atoms with Crippen LogP contribution < -0.4 is 0 Å². The molecule has 7 heteroatoms. The first-order valence-corrected chi connectivity index (χ1v) is 8.16. The molecule has 0 bridgehead atoms. The van der Waals surface area contributed by atoms with Crippen molar-refractivity contribution in [2.75, 3.05) is 0 Å². The number of carbonyl (C=O) groups is 1. The van der Waals surface area contributed by atoms with Gasteiger partial charge >= 0.3 is 0 Å². The predicted molar refractivity (Wildman–Crippen MR) is 98.8 cm³/mol. The van der Waals surface area contributed by atoms with E-state index < -0.39 is 0 Å². The molecule has 3 rings (SSSR count). The first kappa shape index (κ1) is 16.2. The number of aromatic hydroxyl groups is 2. The highest BCUT2D eigenvalue weighted by Gasteiger charge is 2.31. The third kappa shape index (κ3) is 3.47. The highest BCUT2D eigenvalue weighted by Crippen LogP contribution is 2.32. The Kier molecular flexibility index (Phi) is 4.64. The van der Waals surface area contributed by atoms with E-state index in [1.807, 2.05) is 30.3 Å². The minimum absolute atomic E-state index is 0.219. The van der Waals surface area contributed by atoms with Gasteiger partial charge < -0.3 is 10.2 Å². The minimum Gasteiger partial charge on any atom is -0.504 e. The van der Waals surface area contributed by atoms with Crippen LogP contribution in [0.15, 0.2) is 58.5 Å². The monoisotopic (exact) mass is 356 g/mol. The zero-order valence-corrected chi connectivity index (χ0v) is 13.9. The average Bonchev–Trinajstić information content (AvgIpc) is 2.83. The lowest BCUT2D eigenvalue weighted by Crippen LogP contribution is -2.22. The van der Waals surface area contributed by atoms with Crippen LogP contribution in [0.3, 0.4) is 0 Å². The summed E-state index contributed by atoms with van der Waals surface area (Å²) in [6.45, 7) is 0. The fourth-order valence-corrected chi connectivity index (χ4v) is 3.18. The summed E-state index contributed by atoms with van der Waals surface area (Å²) in [6, 6.07) is 13.7. The first-order chi connectivity index (χ1) is 11.5. The molecule has 1 amide bonds. The molecule has 0 radical (unpaired) electrons. The Morgan fingerprint density at radius 3 is 2.50 bits per heavy atom. The Balaban J connectivity index is 1.80. The number of phenolic OH excluding ortho intramolecular Hbond substituents is 2. The number of benzene rings is 2. The molecule has 1 aliphatic rings. The molecule has 1 saturated heterocycles. The molecule has 1 fully saturated rings. The van der Waals surface area contributed by atoms with Crippen molar-refractivity contribution in [3.05, 3.63) is 64.6 Å². The molecule has 2 aromatic rings. The van der Waals surface area contributed by atoms with Gasteiger partial charge in [-0.25, -0.2) is 0 Å². The molecule has 0 aliphatic carbocycles. The van der Waals surface area contributed by atoms with E-state index in [1.54, 1.807) is 12.1 Å². The third-order valence-electron chi connectivity index (χ3n) is 3.19. The van der Waals surface area contributed by atoms with Crippen LogP contribution in [0.25, 0.3) is 6.08 Å². The van der Waals surface area contributed by atoms with Gasteiger partial charge in [-0.1, -0.05) is 42.1 Å². The molecule has 120 valence electrons. The fourth-order valence-electron chi connectivity index (χ4n) is 2.00. The Hall–Kier alpha value is -2.64. The van der Waals surface area contributed by atoms with Crippen molar-refractivity contribution >= 4 is 46.5 Å². The number of hydrogen-bond donors (Lipinski definition) is 2. The average molecular weight is 356 g/mol. The number of amides is 1. The summed E-state index contributed by atoms with van der Waals surface area (Å²) in [5, 5.41) is 24.0. The number of carbonyl (C=O) groups excluding carboxylic acids is 1. The quantitative estimate of drug-likeness (QED) is 0.382. The summed E-state index contributed by atoms with van der Waals surface area (Å²) < 4.78 is 0.335. The van der Waals surface area contributed by atoms with Crippen LogP contribution in [0.1, 0.15) is 11.1 Å². The molecule has 2 aromatic carbocycles. The molecule has 0 atom stereocenters. The van der Waals surface area contributed by atoms with Gasteiger partial charge in [0.1, 0.15) is 0 Å². The number of rotatable bonds is 3. The van der Waals surface area contributed by atoms with Crippen LogP contribution >= 0.6 is 24.0 Å². The van der Waals surface area contributed by atoms with E-state index in [2.05, 4.69) is 5.10 Å². The number of hydrazone groups is 1. The molecule has 0 spiro atoms. The van der Waals surface area contributed by atoms with Crippen LogP contribution in [0, 0.1) is 0 Å². The van der Waals surface area contributed by atoms with E-state index >= 15 is 0 Å². The number of hydrogen-bond acceptors (Lipinski definition) is 6. The van der Waals surface area contributed by atoms with E-state index in [0.29, 0.717) is 14.8 Å². The number of thioether (sulfide) groups is 1. The molecule has 1 heterocycles. The number of phenols is 2. The highest BCUT2D eigenvalue weighted by molar-refractivity contribution is 8.26. The molecule has 0 saturated carbocycles. The van der Waals surface area contributed by atoms with E-state index in [4.69, 9.17) is 12.2 Å². The maximum atomic E-state index is 12.4. The Labute approximate surface area is 147 Å². The molecule has 2 N–H and O–H groups in total. The van der Waals surface area contributed by atoms with Gasteiger partial charge in [-0.2, -0.15) is 10.1 Å². The van der Waals surface area contributed by atoms with Gasteiger partial charge in [0.15, 0.2) is 15.8 Å². The van der Waals surface area contributed by atoms with Crippen LogP contribution in [0.4, 0.5) is 0 Å². The maximum absolute atomic E-state index is 12.4. The zero-order valence-electron chi connectivity index (χ0n) is 12.3. The van der Waals surface area contributed by atoms with Crippen LogP contribution in [0.2, 0.25) is 0 Å². The van der Waals surface area contributed by atoms with E-state index in [9.17, 15) is 15.0 Å². The van der Waals surface area contributed by atoms with Gasteiger partial charge in [-0.3, -0.25) is 4.79 Å². The number of nitrogens with zero attached hydrogens (tertiary/aromatic N) is 2. The van der Waals surface area contributed by atoms with Crippen molar-refractivity contribution in [1.29, 1.82) is 0 Å². The summed E-state index contributed by atoms with van der Waals surface area (Å²) in [6.07, 6.45) is 3.16. The molecule has 1 aliphatic heterocycles. The lowest BCUT2D eigenvalue weighted by molar-refractivity contribution is -0.122. The third-order valence-corrected chi connectivity index (χ3v) is 4.48. The van der Waals surface area contributed by atoms with Gasteiger partial charge in [0.2, 0.25) is 0 Å². The van der Waals surface area contributed by atoms with Gasteiger partial charge in [-0.05, 0) is 47.6 Å². The molecule has 24 heavy (non-hydrogen) atoms. The smallest absolute Gasteiger partial charge is 0.286 e. The highest BCUT2D eigenvalue weighted by atomic mass is 32.2. The summed E-state index contributed by atoms with van der Waals surface area (Å²) in [4.78, 5) is 12.9. The van der Waals surface area contributed by atoms with Crippen molar-refractivity contribution in [3.8, 4) is 11.5 Å². The molecular weight excluding hydrogens is 344 g/mol. The van der Waals surface area contributed by atoms with Gasteiger partial charge in [0.25, 0.3) is 5.91 Å². The van der Waals surface area contributed by atoms with Gasteiger partial charge in [-0.15, -0.1) is 0 Å². The minimum atomic E-state index is -0.298. The predicted octanol–water partition coefficient (Wildman–Crippen LogP) is 3.33. The molecule has 0 aromatic heterocycles. The van der Waals surface area contributed by atoms with Crippen molar-refractivity contribution in [1.82, 2.24) is 5.01 Å². The van der Waals surface area contributed by atoms with Gasteiger partial charge in [0, 0.05) is 0 Å². The summed E-state index contributed by atoms with van der Waals surface area (Å²) in [7, 11) is 0. The van der Waals surface area contributed by atoms with E-state index in [1.165, 1.54) is 30.1 Å². The second-order valence-corrected chi connectivity index (χ2v) is 6.57. The standard InChI is InChI=1S/C17H12N2O3S2/c20-13-7-6-12(8-14(13)21)10-18-19-16(22)15(24-17(19)23)9-11-4-2-1-3-5-11/h1-10,20-21H/b15-9+,18-10+. The zero-order chi connectivity index (χ0) is 17.1. The first-order valence-electron chi connectivity index (χ1n) is 6.93. The SMILES string of the molecule is O=C1/C(=C\c2ccccc2)SC(=S)N1/N=C/c1ccc(O)c(O)c1. The van der Waals surface area contributed by atoms with Crippen LogP contribution in [-0.4, -0.2) is 31.7 Å². The Morgan fingerprint density at radius 1 is 1.04 bits per heavy atom. The van der Waals surface area contributed by atoms with Crippen molar-refractivity contribution in [3.63, 3.8) is 0 Å². The molecule has 0 unspecified atom stereocenters. The summed E-state index contributed by atoms with van der Waals surface area (Å²) >= 11 is 6.38. The topological polar surface area (TPSA) is 73.1 Å². The van der Waals surface area contributed by atoms with E-state index in [-0.39, 0.29) is 17.4 Å². The maximum Gasteiger partial charge on any atom is 0.286 e. The van der Waals surface area contributed by atoms with Crippen molar-refractivity contribution in [2.45, 2.75) is 0 Å². The summed E-state index contributed by atoms with van der Waals surface area (Å²) in [5.74, 6) is -0.773. The lowest BCUT2D eigenvalue weighted by Gasteiger charge is -2.06. The van der Waals surface area contributed by atoms with E-state index in [0.717, 1.165) is 10.6 Å². The Morgan fingerprint density at radius 2 is 1.79 bits per heavy atom. The van der Waals surface area contributed by atoms with Crippen molar-refractivity contribution < 1.29 is 15.0 Å². The molecular formula is C17H12N2O3S2. The number of thiocarbonyl (C=S) groups is 1. The van der Waals surface area contributed by atoms with Crippen molar-refractivity contribution in [2.24, 2.45) is 5.10 Å². The fraction of sp³-hybridized carbons (Fsp3) is 0. The molecule has 5 nitrogen and oxygen atoms in total. The largest absolute Gasteiger partial charge is 0.504 e. The van der Waals surface area contributed by atoms with Crippen LogP contribution in [-0.2, 0) is 4.79 Å². The summed E-state index contributed by atoms with van der Waals surface area (Å²) in [5.41, 5.74) is 1.44. The Bertz CT molecular complexity index is 863. The van der Waals surface area contributed by atoms with Gasteiger partial charge in [0.05, 0.1) is 11.1 Å². The second-order valence-electron chi connectivity index (χ2n) is 4.90.